The summed E-state index contributed by atoms with van der Waals surface area (Å²) in [5, 5.41) is 3.10. The second-order valence-corrected chi connectivity index (χ2v) is 3.20. The number of pyridine rings is 1. The van der Waals surface area contributed by atoms with Crippen LogP contribution in [0.3, 0.4) is 0 Å². The van der Waals surface area contributed by atoms with Gasteiger partial charge in [0, 0.05) is 18.1 Å². The van der Waals surface area contributed by atoms with E-state index in [0.29, 0.717) is 12.5 Å². The first-order valence-corrected chi connectivity index (χ1v) is 4.78. The first-order valence-electron chi connectivity index (χ1n) is 4.78. The average Bonchev–Trinajstić information content (AvgIpc) is 2.28. The molecule has 0 unspecified atom stereocenters. The lowest BCUT2D eigenvalue weighted by molar-refractivity contribution is 0.983. The summed E-state index contributed by atoms with van der Waals surface area (Å²) < 4.78 is 0. The molecule has 15 heavy (non-hydrogen) atoms. The summed E-state index contributed by atoms with van der Waals surface area (Å²) in [5.74, 6) is 0.626. The van der Waals surface area contributed by atoms with Crippen molar-refractivity contribution in [1.29, 1.82) is 0 Å². The van der Waals surface area contributed by atoms with Gasteiger partial charge in [0.1, 0.15) is 0 Å². The highest BCUT2D eigenvalue weighted by Crippen LogP contribution is 2.01. The molecular formula is C11H12N4. The second kappa shape index (κ2) is 4.50. The van der Waals surface area contributed by atoms with Crippen molar-refractivity contribution in [3.8, 4) is 0 Å². The Bertz CT molecular complexity index is 428. The van der Waals surface area contributed by atoms with Crippen molar-refractivity contribution < 1.29 is 0 Å². The summed E-state index contributed by atoms with van der Waals surface area (Å²) in [6.45, 7) is 2.62. The van der Waals surface area contributed by atoms with Gasteiger partial charge in [-0.05, 0) is 25.1 Å². The van der Waals surface area contributed by atoms with Crippen LogP contribution in [-0.4, -0.2) is 15.0 Å². The lowest BCUT2D eigenvalue weighted by Gasteiger charge is -2.03. The lowest BCUT2D eigenvalue weighted by Crippen LogP contribution is -2.04. The second-order valence-electron chi connectivity index (χ2n) is 3.20. The molecule has 4 heteroatoms. The van der Waals surface area contributed by atoms with Crippen LogP contribution in [0.1, 0.15) is 11.4 Å². The smallest absolute Gasteiger partial charge is 0.222 e. The molecular weight excluding hydrogens is 188 g/mol. The highest BCUT2D eigenvalue weighted by molar-refractivity contribution is 5.24. The summed E-state index contributed by atoms with van der Waals surface area (Å²) in [5.41, 5.74) is 2.01. The van der Waals surface area contributed by atoms with Gasteiger partial charge in [-0.25, -0.2) is 9.97 Å². The zero-order valence-electron chi connectivity index (χ0n) is 8.51. The van der Waals surface area contributed by atoms with E-state index in [2.05, 4.69) is 20.3 Å². The monoisotopic (exact) mass is 200 g/mol. The van der Waals surface area contributed by atoms with Gasteiger partial charge < -0.3 is 5.32 Å². The first-order chi connectivity index (χ1) is 7.34. The Balaban J connectivity index is 1.99. The standard InChI is InChI=1S/C11H12N4/c1-9-4-2-5-10(15-9)8-14-11-12-6-3-7-13-11/h2-7H,8H2,1H3,(H,12,13,14). The maximum absolute atomic E-state index is 4.37. The van der Waals surface area contributed by atoms with Gasteiger partial charge in [-0.2, -0.15) is 0 Å². The van der Waals surface area contributed by atoms with Gasteiger partial charge in [0.25, 0.3) is 0 Å². The van der Waals surface area contributed by atoms with Gasteiger partial charge in [0.2, 0.25) is 5.95 Å². The minimum atomic E-state index is 0.626. The number of anilines is 1. The molecule has 0 atom stereocenters. The van der Waals surface area contributed by atoms with Crippen LogP contribution in [0, 0.1) is 6.92 Å². The van der Waals surface area contributed by atoms with Gasteiger partial charge in [-0.3, -0.25) is 4.98 Å². The van der Waals surface area contributed by atoms with Crippen LogP contribution in [0.4, 0.5) is 5.95 Å². The van der Waals surface area contributed by atoms with E-state index in [0.717, 1.165) is 11.4 Å². The molecule has 0 spiro atoms. The molecule has 0 fully saturated rings. The van der Waals surface area contributed by atoms with Crippen LogP contribution < -0.4 is 5.32 Å². The van der Waals surface area contributed by atoms with E-state index in [1.165, 1.54) is 0 Å². The van der Waals surface area contributed by atoms with Gasteiger partial charge in [0.05, 0.1) is 12.2 Å². The Morgan fingerprint density at radius 1 is 1.13 bits per heavy atom. The molecule has 0 saturated carbocycles. The Hall–Kier alpha value is -1.97. The fourth-order valence-corrected chi connectivity index (χ4v) is 1.26. The van der Waals surface area contributed by atoms with E-state index in [-0.39, 0.29) is 0 Å². The predicted molar refractivity (Wildman–Crippen MR) is 58.3 cm³/mol. The molecule has 4 nitrogen and oxygen atoms in total. The molecule has 2 aromatic heterocycles. The van der Waals surface area contributed by atoms with E-state index in [9.17, 15) is 0 Å². The molecule has 0 saturated heterocycles. The molecule has 0 radical (unpaired) electrons. The molecule has 0 bridgehead atoms. The van der Waals surface area contributed by atoms with Gasteiger partial charge in [-0.15, -0.1) is 0 Å². The van der Waals surface area contributed by atoms with Crippen molar-refractivity contribution in [2.75, 3.05) is 5.32 Å². The van der Waals surface area contributed by atoms with E-state index >= 15 is 0 Å². The summed E-state index contributed by atoms with van der Waals surface area (Å²) in [6.07, 6.45) is 3.41. The summed E-state index contributed by atoms with van der Waals surface area (Å²) in [6, 6.07) is 7.73. The van der Waals surface area contributed by atoms with Crippen molar-refractivity contribution in [2.24, 2.45) is 0 Å². The van der Waals surface area contributed by atoms with Crippen LogP contribution >= 0.6 is 0 Å². The summed E-state index contributed by atoms with van der Waals surface area (Å²) in [4.78, 5) is 12.5. The van der Waals surface area contributed by atoms with E-state index in [1.807, 2.05) is 25.1 Å². The van der Waals surface area contributed by atoms with E-state index in [4.69, 9.17) is 0 Å². The van der Waals surface area contributed by atoms with Crippen LogP contribution in [-0.2, 0) is 6.54 Å². The van der Waals surface area contributed by atoms with E-state index < -0.39 is 0 Å². The Kier molecular flexibility index (Phi) is 2.88. The Morgan fingerprint density at radius 3 is 2.67 bits per heavy atom. The highest BCUT2D eigenvalue weighted by atomic mass is 15.1. The molecule has 0 aliphatic carbocycles. The summed E-state index contributed by atoms with van der Waals surface area (Å²) in [7, 11) is 0. The Morgan fingerprint density at radius 2 is 1.93 bits per heavy atom. The zero-order valence-corrected chi connectivity index (χ0v) is 8.51. The van der Waals surface area contributed by atoms with E-state index in [1.54, 1.807) is 18.5 Å². The summed E-state index contributed by atoms with van der Waals surface area (Å²) >= 11 is 0. The van der Waals surface area contributed by atoms with Gasteiger partial charge in [-0.1, -0.05) is 6.07 Å². The number of hydrogen-bond donors (Lipinski definition) is 1. The predicted octanol–water partition coefficient (Wildman–Crippen LogP) is 1.79. The highest BCUT2D eigenvalue weighted by Gasteiger charge is 1.96. The number of nitrogens with zero attached hydrogens (tertiary/aromatic N) is 3. The third-order valence-electron chi connectivity index (χ3n) is 1.94. The fourth-order valence-electron chi connectivity index (χ4n) is 1.26. The minimum absolute atomic E-state index is 0.626. The van der Waals surface area contributed by atoms with Crippen molar-refractivity contribution in [1.82, 2.24) is 15.0 Å². The van der Waals surface area contributed by atoms with Crippen LogP contribution in [0.5, 0.6) is 0 Å². The van der Waals surface area contributed by atoms with Crippen LogP contribution in [0.15, 0.2) is 36.7 Å². The molecule has 0 aliphatic rings. The molecule has 76 valence electrons. The zero-order chi connectivity index (χ0) is 10.5. The van der Waals surface area contributed by atoms with Crippen molar-refractivity contribution in [3.63, 3.8) is 0 Å². The number of aromatic nitrogens is 3. The largest absolute Gasteiger partial charge is 0.349 e. The molecule has 0 aliphatic heterocycles. The topological polar surface area (TPSA) is 50.7 Å². The molecule has 0 aromatic carbocycles. The fraction of sp³-hybridized carbons (Fsp3) is 0.182. The van der Waals surface area contributed by atoms with Crippen molar-refractivity contribution in [3.05, 3.63) is 48.0 Å². The first kappa shape index (κ1) is 9.58. The normalized spacial score (nSPS) is 9.93. The van der Waals surface area contributed by atoms with Crippen molar-refractivity contribution >= 4 is 5.95 Å². The lowest BCUT2D eigenvalue weighted by atomic mass is 10.3. The third kappa shape index (κ3) is 2.74. The number of hydrogen-bond acceptors (Lipinski definition) is 4. The SMILES string of the molecule is Cc1cccc(CNc2ncccn2)n1. The molecule has 2 heterocycles. The third-order valence-corrected chi connectivity index (χ3v) is 1.94. The number of nitrogens with one attached hydrogen (secondary N) is 1. The maximum Gasteiger partial charge on any atom is 0.222 e. The molecule has 2 rings (SSSR count). The number of aryl methyl sites for hydroxylation is 1. The van der Waals surface area contributed by atoms with Crippen molar-refractivity contribution in [2.45, 2.75) is 13.5 Å². The molecule has 1 N–H and O–H groups in total. The number of rotatable bonds is 3. The Labute approximate surface area is 88.4 Å². The van der Waals surface area contributed by atoms with Crippen LogP contribution in [0.2, 0.25) is 0 Å². The quantitative estimate of drug-likeness (QED) is 0.820. The van der Waals surface area contributed by atoms with Gasteiger partial charge >= 0.3 is 0 Å². The van der Waals surface area contributed by atoms with Crippen LogP contribution in [0.25, 0.3) is 0 Å². The van der Waals surface area contributed by atoms with Gasteiger partial charge in [0.15, 0.2) is 0 Å². The minimum Gasteiger partial charge on any atom is -0.349 e. The molecule has 0 amide bonds. The molecule has 2 aromatic rings. The average molecular weight is 200 g/mol. The maximum atomic E-state index is 4.37.